The van der Waals surface area contributed by atoms with Crippen molar-refractivity contribution in [3.05, 3.63) is 24.0 Å². The average molecular weight is 206 g/mol. The number of nitrogens with two attached hydrogens (primary N) is 1. The Morgan fingerprint density at radius 1 is 1.20 bits per heavy atom. The minimum atomic E-state index is 0.453. The Morgan fingerprint density at radius 2 is 1.93 bits per heavy atom. The molecule has 1 heterocycles. The summed E-state index contributed by atoms with van der Waals surface area (Å²) in [5.41, 5.74) is 7.92. The molecule has 0 unspecified atom stereocenters. The number of anilines is 1. The Kier molecular flexibility index (Phi) is 4.13. The molecular formula is C13H22N2. The van der Waals surface area contributed by atoms with Gasteiger partial charge in [0.1, 0.15) is 0 Å². The zero-order valence-corrected chi connectivity index (χ0v) is 10.1. The summed E-state index contributed by atoms with van der Waals surface area (Å²) >= 11 is 0. The summed E-state index contributed by atoms with van der Waals surface area (Å²) in [6, 6.07) is 3.94. The number of hydrogen-bond donors (Lipinski definition) is 1. The normalized spacial score (nSPS) is 11.7. The lowest BCUT2D eigenvalue weighted by atomic mass is 9.89. The van der Waals surface area contributed by atoms with Gasteiger partial charge in [-0.25, -0.2) is 0 Å². The third kappa shape index (κ3) is 5.40. The van der Waals surface area contributed by atoms with Crippen molar-refractivity contribution in [3.8, 4) is 0 Å². The van der Waals surface area contributed by atoms with Crippen molar-refractivity contribution < 1.29 is 0 Å². The Hall–Kier alpha value is -1.05. The van der Waals surface area contributed by atoms with Gasteiger partial charge in [-0.1, -0.05) is 27.2 Å². The van der Waals surface area contributed by atoms with E-state index in [0.717, 1.165) is 17.8 Å². The Labute approximate surface area is 92.9 Å². The summed E-state index contributed by atoms with van der Waals surface area (Å²) in [5.74, 6) is 0. The number of unbranched alkanes of at least 4 members (excludes halogenated alkanes) is 1. The van der Waals surface area contributed by atoms with Crippen LogP contribution in [0.15, 0.2) is 18.3 Å². The first-order valence-corrected chi connectivity index (χ1v) is 5.68. The van der Waals surface area contributed by atoms with Gasteiger partial charge in [-0.05, 0) is 36.8 Å². The predicted octanol–water partition coefficient (Wildman–Crippen LogP) is 3.42. The van der Waals surface area contributed by atoms with Crippen LogP contribution >= 0.6 is 0 Å². The molecule has 0 spiro atoms. The third-order valence-corrected chi connectivity index (χ3v) is 2.46. The van der Waals surface area contributed by atoms with E-state index in [9.17, 15) is 0 Å². The highest BCUT2D eigenvalue weighted by atomic mass is 14.7. The topological polar surface area (TPSA) is 38.9 Å². The van der Waals surface area contributed by atoms with Crippen LogP contribution in [0, 0.1) is 5.41 Å². The monoisotopic (exact) mass is 206 g/mol. The van der Waals surface area contributed by atoms with Gasteiger partial charge in [0.2, 0.25) is 0 Å². The molecule has 0 saturated heterocycles. The van der Waals surface area contributed by atoms with Crippen LogP contribution in [-0.4, -0.2) is 4.98 Å². The van der Waals surface area contributed by atoms with E-state index in [4.69, 9.17) is 5.73 Å². The summed E-state index contributed by atoms with van der Waals surface area (Å²) in [4.78, 5) is 4.29. The van der Waals surface area contributed by atoms with Gasteiger partial charge in [0.15, 0.2) is 0 Å². The van der Waals surface area contributed by atoms with Crippen molar-refractivity contribution in [2.45, 2.75) is 46.5 Å². The smallest absolute Gasteiger partial charge is 0.0501 e. The summed E-state index contributed by atoms with van der Waals surface area (Å²) in [5, 5.41) is 0. The van der Waals surface area contributed by atoms with E-state index < -0.39 is 0 Å². The molecule has 0 saturated carbocycles. The number of aryl methyl sites for hydroxylation is 1. The minimum absolute atomic E-state index is 0.453. The summed E-state index contributed by atoms with van der Waals surface area (Å²) in [7, 11) is 0. The Bertz CT molecular complexity index is 282. The number of hydrogen-bond acceptors (Lipinski definition) is 2. The average Bonchev–Trinajstić information content (AvgIpc) is 2.14. The van der Waals surface area contributed by atoms with Crippen molar-refractivity contribution >= 4 is 5.69 Å². The van der Waals surface area contributed by atoms with Crippen LogP contribution in [0.2, 0.25) is 0 Å². The fraction of sp³-hybridized carbons (Fsp3) is 0.615. The maximum Gasteiger partial charge on any atom is 0.0501 e. The molecule has 1 aromatic heterocycles. The summed E-state index contributed by atoms with van der Waals surface area (Å²) < 4.78 is 0. The molecule has 0 amide bonds. The first kappa shape index (κ1) is 12.0. The lowest BCUT2D eigenvalue weighted by Gasteiger charge is -2.17. The zero-order valence-electron chi connectivity index (χ0n) is 10.1. The lowest BCUT2D eigenvalue weighted by Crippen LogP contribution is -2.04. The summed E-state index contributed by atoms with van der Waals surface area (Å²) in [6.45, 7) is 6.86. The Morgan fingerprint density at radius 3 is 2.47 bits per heavy atom. The van der Waals surface area contributed by atoms with Crippen LogP contribution in [0.3, 0.4) is 0 Å². The van der Waals surface area contributed by atoms with Gasteiger partial charge in [-0.15, -0.1) is 0 Å². The van der Waals surface area contributed by atoms with Gasteiger partial charge in [0.05, 0.1) is 11.9 Å². The van der Waals surface area contributed by atoms with E-state index in [1.807, 2.05) is 12.1 Å². The molecule has 15 heavy (non-hydrogen) atoms. The number of nitrogen functional groups attached to an aromatic ring is 1. The second-order valence-electron chi connectivity index (χ2n) is 5.35. The second-order valence-corrected chi connectivity index (χ2v) is 5.35. The standard InChI is InChI=1S/C13H22N2/c1-13(2,3)9-5-4-6-12-8-7-11(14)10-15-12/h7-8,10H,4-6,9,14H2,1-3H3. The van der Waals surface area contributed by atoms with E-state index >= 15 is 0 Å². The summed E-state index contributed by atoms with van der Waals surface area (Å²) in [6.07, 6.45) is 6.57. The van der Waals surface area contributed by atoms with Gasteiger partial charge >= 0.3 is 0 Å². The molecule has 1 rings (SSSR count). The molecule has 0 aromatic carbocycles. The molecule has 0 fully saturated rings. The van der Waals surface area contributed by atoms with Crippen molar-refractivity contribution in [1.29, 1.82) is 0 Å². The largest absolute Gasteiger partial charge is 0.397 e. The molecule has 1 aromatic rings. The maximum atomic E-state index is 5.58. The van der Waals surface area contributed by atoms with E-state index in [2.05, 4.69) is 25.8 Å². The van der Waals surface area contributed by atoms with Crippen LogP contribution in [-0.2, 0) is 6.42 Å². The van der Waals surface area contributed by atoms with Gasteiger partial charge in [0, 0.05) is 5.69 Å². The van der Waals surface area contributed by atoms with E-state index in [0.29, 0.717) is 5.41 Å². The van der Waals surface area contributed by atoms with Gasteiger partial charge < -0.3 is 5.73 Å². The van der Waals surface area contributed by atoms with E-state index in [1.54, 1.807) is 6.20 Å². The molecule has 2 nitrogen and oxygen atoms in total. The van der Waals surface area contributed by atoms with Crippen molar-refractivity contribution in [2.24, 2.45) is 5.41 Å². The first-order chi connectivity index (χ1) is 6.97. The molecule has 0 atom stereocenters. The molecule has 0 bridgehead atoms. The van der Waals surface area contributed by atoms with Crippen LogP contribution in [0.1, 0.15) is 45.7 Å². The quantitative estimate of drug-likeness (QED) is 0.767. The second kappa shape index (κ2) is 5.15. The zero-order chi connectivity index (χ0) is 11.3. The Balaban J connectivity index is 2.23. The fourth-order valence-electron chi connectivity index (χ4n) is 1.55. The van der Waals surface area contributed by atoms with Crippen LogP contribution < -0.4 is 5.73 Å². The van der Waals surface area contributed by atoms with Crippen molar-refractivity contribution in [1.82, 2.24) is 4.98 Å². The van der Waals surface area contributed by atoms with E-state index in [-0.39, 0.29) is 0 Å². The van der Waals surface area contributed by atoms with Crippen molar-refractivity contribution in [3.63, 3.8) is 0 Å². The molecule has 0 aliphatic heterocycles. The minimum Gasteiger partial charge on any atom is -0.397 e. The van der Waals surface area contributed by atoms with E-state index in [1.165, 1.54) is 19.3 Å². The lowest BCUT2D eigenvalue weighted by molar-refractivity contribution is 0.360. The molecular weight excluding hydrogens is 184 g/mol. The van der Waals surface area contributed by atoms with Crippen LogP contribution in [0.5, 0.6) is 0 Å². The molecule has 2 heteroatoms. The van der Waals surface area contributed by atoms with Gasteiger partial charge in [0.25, 0.3) is 0 Å². The number of nitrogens with zero attached hydrogens (tertiary/aromatic N) is 1. The van der Waals surface area contributed by atoms with Crippen LogP contribution in [0.4, 0.5) is 5.69 Å². The molecule has 2 N–H and O–H groups in total. The maximum absolute atomic E-state index is 5.58. The molecule has 0 aliphatic carbocycles. The number of aromatic nitrogens is 1. The third-order valence-electron chi connectivity index (χ3n) is 2.46. The highest BCUT2D eigenvalue weighted by molar-refractivity contribution is 5.34. The number of pyridine rings is 1. The number of rotatable bonds is 4. The van der Waals surface area contributed by atoms with Crippen molar-refractivity contribution in [2.75, 3.05) is 5.73 Å². The molecule has 84 valence electrons. The fourth-order valence-corrected chi connectivity index (χ4v) is 1.55. The molecule has 0 aliphatic rings. The molecule has 0 radical (unpaired) electrons. The predicted molar refractivity (Wildman–Crippen MR) is 65.7 cm³/mol. The van der Waals surface area contributed by atoms with Crippen LogP contribution in [0.25, 0.3) is 0 Å². The van der Waals surface area contributed by atoms with Gasteiger partial charge in [-0.2, -0.15) is 0 Å². The highest BCUT2D eigenvalue weighted by Crippen LogP contribution is 2.22. The highest BCUT2D eigenvalue weighted by Gasteiger charge is 2.08. The SMILES string of the molecule is CC(C)(C)CCCCc1ccc(N)cn1. The van der Waals surface area contributed by atoms with Gasteiger partial charge in [-0.3, -0.25) is 4.98 Å². The first-order valence-electron chi connectivity index (χ1n) is 5.68.